The molecule has 0 aromatic heterocycles. The van der Waals surface area contributed by atoms with Crippen molar-refractivity contribution in [1.29, 1.82) is 0 Å². The molecule has 1 unspecified atom stereocenters. The minimum absolute atomic E-state index is 0.227. The average Bonchev–Trinajstić information content (AvgIpc) is 2.41. The zero-order chi connectivity index (χ0) is 14.5. The third kappa shape index (κ3) is 3.68. The molecule has 3 amide bonds. The lowest BCUT2D eigenvalue weighted by Crippen LogP contribution is -2.51. The molecule has 1 fully saturated rings. The minimum atomic E-state index is -0.670. The van der Waals surface area contributed by atoms with Crippen LogP contribution in [0.3, 0.4) is 0 Å². The molecule has 104 valence electrons. The summed E-state index contributed by atoms with van der Waals surface area (Å²) < 4.78 is 0. The standard InChI is InChI=1S/C14H13ClN2O3/c15-10-4-2-1-3-9(10)5-7-12(18)16-11-6-8-13(19)17-14(11)20/h1-5,7,11H,6,8H2,(H,16,18)(H,17,19,20). The number of hydrogen-bond acceptors (Lipinski definition) is 3. The minimum Gasteiger partial charge on any atom is -0.341 e. The Labute approximate surface area is 121 Å². The molecule has 0 spiro atoms. The van der Waals surface area contributed by atoms with Gasteiger partial charge in [0.15, 0.2) is 0 Å². The van der Waals surface area contributed by atoms with Crippen LogP contribution in [0, 0.1) is 0 Å². The molecule has 1 aromatic carbocycles. The number of rotatable bonds is 3. The Bertz CT molecular complexity index is 584. The van der Waals surface area contributed by atoms with E-state index in [0.29, 0.717) is 17.0 Å². The molecule has 20 heavy (non-hydrogen) atoms. The highest BCUT2D eigenvalue weighted by atomic mass is 35.5. The highest BCUT2D eigenvalue weighted by Crippen LogP contribution is 2.16. The van der Waals surface area contributed by atoms with E-state index in [-0.39, 0.29) is 12.3 Å². The smallest absolute Gasteiger partial charge is 0.249 e. The number of benzene rings is 1. The summed E-state index contributed by atoms with van der Waals surface area (Å²) in [5.41, 5.74) is 0.715. The van der Waals surface area contributed by atoms with Gasteiger partial charge in [-0.3, -0.25) is 19.7 Å². The van der Waals surface area contributed by atoms with Crippen LogP contribution in [0.2, 0.25) is 5.02 Å². The molecule has 2 rings (SSSR count). The van der Waals surface area contributed by atoms with E-state index in [0.717, 1.165) is 0 Å². The van der Waals surface area contributed by atoms with Crippen LogP contribution >= 0.6 is 11.6 Å². The lowest BCUT2D eigenvalue weighted by molar-refractivity contribution is -0.136. The Morgan fingerprint density at radius 1 is 1.35 bits per heavy atom. The molecular weight excluding hydrogens is 280 g/mol. The van der Waals surface area contributed by atoms with E-state index in [9.17, 15) is 14.4 Å². The van der Waals surface area contributed by atoms with Crippen LogP contribution in [-0.4, -0.2) is 23.8 Å². The average molecular weight is 293 g/mol. The summed E-state index contributed by atoms with van der Waals surface area (Å²) in [5, 5.41) is 5.27. The van der Waals surface area contributed by atoms with Crippen molar-refractivity contribution in [1.82, 2.24) is 10.6 Å². The molecule has 1 aliphatic rings. The van der Waals surface area contributed by atoms with Gasteiger partial charge in [-0.05, 0) is 24.1 Å². The number of carbonyl (C=O) groups is 3. The quantitative estimate of drug-likeness (QED) is 0.651. The van der Waals surface area contributed by atoms with Crippen LogP contribution < -0.4 is 10.6 Å². The lowest BCUT2D eigenvalue weighted by Gasteiger charge is -2.20. The molecule has 1 atom stereocenters. The van der Waals surface area contributed by atoms with Crippen molar-refractivity contribution in [3.05, 3.63) is 40.9 Å². The Kier molecular flexibility index (Phi) is 4.53. The van der Waals surface area contributed by atoms with Crippen molar-refractivity contribution in [3.8, 4) is 0 Å². The fraction of sp³-hybridized carbons (Fsp3) is 0.214. The van der Waals surface area contributed by atoms with Crippen molar-refractivity contribution in [2.45, 2.75) is 18.9 Å². The Balaban J connectivity index is 1.94. The van der Waals surface area contributed by atoms with Gasteiger partial charge in [0, 0.05) is 17.5 Å². The summed E-state index contributed by atoms with van der Waals surface area (Å²) in [6.45, 7) is 0. The molecular formula is C14H13ClN2O3. The number of hydrogen-bond donors (Lipinski definition) is 2. The van der Waals surface area contributed by atoms with Gasteiger partial charge in [0.2, 0.25) is 17.7 Å². The predicted octanol–water partition coefficient (Wildman–Crippen LogP) is 1.27. The molecule has 0 bridgehead atoms. The van der Waals surface area contributed by atoms with Crippen molar-refractivity contribution >= 4 is 35.4 Å². The van der Waals surface area contributed by atoms with E-state index in [2.05, 4.69) is 10.6 Å². The number of nitrogens with one attached hydrogen (secondary N) is 2. The highest BCUT2D eigenvalue weighted by molar-refractivity contribution is 6.32. The fourth-order valence-electron chi connectivity index (χ4n) is 1.83. The van der Waals surface area contributed by atoms with Gasteiger partial charge < -0.3 is 5.32 Å². The Morgan fingerprint density at radius 2 is 2.10 bits per heavy atom. The monoisotopic (exact) mass is 292 g/mol. The second kappa shape index (κ2) is 6.34. The predicted molar refractivity (Wildman–Crippen MR) is 74.8 cm³/mol. The summed E-state index contributed by atoms with van der Waals surface area (Å²) in [4.78, 5) is 34.2. The second-order valence-corrected chi connectivity index (χ2v) is 4.77. The first-order valence-corrected chi connectivity index (χ1v) is 6.51. The molecule has 1 heterocycles. The van der Waals surface area contributed by atoms with Crippen LogP contribution in [0.5, 0.6) is 0 Å². The second-order valence-electron chi connectivity index (χ2n) is 4.37. The lowest BCUT2D eigenvalue weighted by atomic mass is 10.1. The SMILES string of the molecule is O=C(C=Cc1ccccc1Cl)NC1CCC(=O)NC1=O. The molecule has 5 nitrogen and oxygen atoms in total. The van der Waals surface area contributed by atoms with E-state index < -0.39 is 17.9 Å². The maximum atomic E-state index is 11.7. The molecule has 1 aliphatic heterocycles. The van der Waals surface area contributed by atoms with Gasteiger partial charge in [0.25, 0.3) is 0 Å². The van der Waals surface area contributed by atoms with Gasteiger partial charge >= 0.3 is 0 Å². The van der Waals surface area contributed by atoms with Crippen molar-refractivity contribution < 1.29 is 14.4 Å². The summed E-state index contributed by atoms with van der Waals surface area (Å²) in [6.07, 6.45) is 3.43. The van der Waals surface area contributed by atoms with E-state index >= 15 is 0 Å². The molecule has 0 saturated carbocycles. The molecule has 0 aliphatic carbocycles. The van der Waals surface area contributed by atoms with Crippen LogP contribution in [0.25, 0.3) is 6.08 Å². The first-order valence-electron chi connectivity index (χ1n) is 6.13. The largest absolute Gasteiger partial charge is 0.341 e. The maximum absolute atomic E-state index is 11.7. The van der Waals surface area contributed by atoms with Crippen LogP contribution in [0.4, 0.5) is 0 Å². The topological polar surface area (TPSA) is 75.3 Å². The van der Waals surface area contributed by atoms with Gasteiger partial charge in [0.05, 0.1) is 0 Å². The fourth-order valence-corrected chi connectivity index (χ4v) is 2.03. The zero-order valence-corrected chi connectivity index (χ0v) is 11.3. The summed E-state index contributed by atoms with van der Waals surface area (Å²) in [5.74, 6) is -1.19. The number of amides is 3. The van der Waals surface area contributed by atoms with E-state index in [1.807, 2.05) is 6.07 Å². The third-order valence-electron chi connectivity index (χ3n) is 2.88. The van der Waals surface area contributed by atoms with Crippen LogP contribution in [-0.2, 0) is 14.4 Å². The van der Waals surface area contributed by atoms with Crippen molar-refractivity contribution in [3.63, 3.8) is 0 Å². The Morgan fingerprint density at radius 3 is 2.80 bits per heavy atom. The highest BCUT2D eigenvalue weighted by Gasteiger charge is 2.27. The number of imide groups is 1. The molecule has 6 heteroatoms. The molecule has 1 saturated heterocycles. The van der Waals surface area contributed by atoms with Gasteiger partial charge in [-0.2, -0.15) is 0 Å². The molecule has 2 N–H and O–H groups in total. The van der Waals surface area contributed by atoms with Gasteiger partial charge in [0.1, 0.15) is 6.04 Å². The maximum Gasteiger partial charge on any atom is 0.249 e. The zero-order valence-electron chi connectivity index (χ0n) is 10.6. The number of piperidine rings is 1. The van der Waals surface area contributed by atoms with Crippen molar-refractivity contribution in [2.24, 2.45) is 0 Å². The Hall–Kier alpha value is -2.14. The first-order chi connectivity index (χ1) is 9.56. The van der Waals surface area contributed by atoms with E-state index in [1.54, 1.807) is 24.3 Å². The van der Waals surface area contributed by atoms with E-state index in [4.69, 9.17) is 11.6 Å². The first kappa shape index (κ1) is 14.3. The van der Waals surface area contributed by atoms with Crippen LogP contribution in [0.1, 0.15) is 18.4 Å². The number of halogens is 1. The third-order valence-corrected chi connectivity index (χ3v) is 3.22. The van der Waals surface area contributed by atoms with Gasteiger partial charge in [-0.1, -0.05) is 29.8 Å². The van der Waals surface area contributed by atoms with Gasteiger partial charge in [-0.15, -0.1) is 0 Å². The molecule has 0 radical (unpaired) electrons. The summed E-state index contributed by atoms with van der Waals surface area (Å²) >= 11 is 5.95. The van der Waals surface area contributed by atoms with E-state index in [1.165, 1.54) is 6.08 Å². The summed E-state index contributed by atoms with van der Waals surface area (Å²) in [7, 11) is 0. The number of carbonyl (C=O) groups excluding carboxylic acids is 3. The normalized spacial score (nSPS) is 18.9. The van der Waals surface area contributed by atoms with Crippen molar-refractivity contribution in [2.75, 3.05) is 0 Å². The van der Waals surface area contributed by atoms with Crippen LogP contribution in [0.15, 0.2) is 30.3 Å². The van der Waals surface area contributed by atoms with Gasteiger partial charge in [-0.25, -0.2) is 0 Å². The molecule has 1 aromatic rings. The summed E-state index contributed by atoms with van der Waals surface area (Å²) in [6, 6.07) is 6.43.